The topological polar surface area (TPSA) is 95.4 Å². The number of nitrogens with one attached hydrogen (secondary N) is 4. The van der Waals surface area contributed by atoms with Gasteiger partial charge in [0, 0.05) is 31.1 Å². The number of carbonyl (C=O) groups excluding carboxylic acids is 1. The Bertz CT molecular complexity index is 1180. The molecule has 0 saturated carbocycles. The van der Waals surface area contributed by atoms with Crippen LogP contribution in [0, 0.1) is 6.92 Å². The molecule has 2 aliphatic rings. The molecule has 4 N–H and O–H groups in total. The summed E-state index contributed by atoms with van der Waals surface area (Å²) in [6.07, 6.45) is -8.86. The summed E-state index contributed by atoms with van der Waals surface area (Å²) >= 11 is 0. The van der Waals surface area contributed by atoms with Crippen LogP contribution < -0.4 is 21.8 Å². The molecule has 1 atom stereocenters. The van der Waals surface area contributed by atoms with Crippen LogP contribution in [0.3, 0.4) is 0 Å². The van der Waals surface area contributed by atoms with Crippen molar-refractivity contribution in [2.24, 2.45) is 5.10 Å². The van der Waals surface area contributed by atoms with E-state index >= 15 is 0 Å². The first-order chi connectivity index (χ1) is 16.9. The fourth-order valence-electron chi connectivity index (χ4n) is 4.17. The van der Waals surface area contributed by atoms with E-state index in [1.165, 1.54) is 0 Å². The lowest BCUT2D eigenvalue weighted by molar-refractivity contribution is -0.201. The number of unbranched alkanes of at least 4 members (excludes halogenated alkanes) is 1. The Kier molecular flexibility index (Phi) is 6.73. The maximum Gasteiger partial charge on any atom is 0.416 e. The number of alkyl halides is 6. The normalized spacial score (nSPS) is 20.6. The van der Waals surface area contributed by atoms with Crippen LogP contribution in [0.15, 0.2) is 47.3 Å². The van der Waals surface area contributed by atoms with Gasteiger partial charge >= 0.3 is 12.4 Å². The lowest BCUT2D eigenvalue weighted by atomic mass is 9.77. The maximum atomic E-state index is 14.7. The molecule has 0 fully saturated rings. The molecule has 0 radical (unpaired) electrons. The third-order valence-electron chi connectivity index (χ3n) is 6.05. The monoisotopic (exact) mass is 515 g/mol. The van der Waals surface area contributed by atoms with Crippen LogP contribution in [0.1, 0.15) is 42.4 Å². The zero-order valence-electron chi connectivity index (χ0n) is 19.0. The van der Waals surface area contributed by atoms with Gasteiger partial charge in [-0.1, -0.05) is 29.8 Å². The van der Waals surface area contributed by atoms with E-state index in [1.54, 1.807) is 24.3 Å². The summed E-state index contributed by atoms with van der Waals surface area (Å²) in [6.45, 7) is 1.83. The van der Waals surface area contributed by atoms with Crippen LogP contribution >= 0.6 is 0 Å². The van der Waals surface area contributed by atoms with E-state index in [0.717, 1.165) is 22.6 Å². The first-order valence-electron chi connectivity index (χ1n) is 11.0. The molecule has 0 aliphatic carbocycles. The Hall–Kier alpha value is -3.55. The molecule has 194 valence electrons. The molecule has 2 aromatic rings. The van der Waals surface area contributed by atoms with Gasteiger partial charge in [0.15, 0.2) is 11.4 Å². The van der Waals surface area contributed by atoms with Crippen molar-refractivity contribution in [3.63, 3.8) is 0 Å². The van der Waals surface area contributed by atoms with Crippen molar-refractivity contribution in [3.8, 4) is 0 Å². The van der Waals surface area contributed by atoms with E-state index in [9.17, 15) is 31.1 Å². The van der Waals surface area contributed by atoms with Crippen molar-refractivity contribution in [1.82, 2.24) is 31.6 Å². The van der Waals surface area contributed by atoms with Crippen LogP contribution in [-0.2, 0) is 16.9 Å². The van der Waals surface area contributed by atoms with Crippen molar-refractivity contribution in [3.05, 3.63) is 58.9 Å². The van der Waals surface area contributed by atoms with Gasteiger partial charge in [0.1, 0.15) is 0 Å². The molecule has 36 heavy (non-hydrogen) atoms. The molecule has 4 rings (SSSR count). The minimum absolute atomic E-state index is 0.00192. The van der Waals surface area contributed by atoms with E-state index in [-0.39, 0.29) is 41.9 Å². The summed E-state index contributed by atoms with van der Waals surface area (Å²) < 4.78 is 82.4. The first-order valence-corrected chi connectivity index (χ1v) is 11.0. The van der Waals surface area contributed by atoms with Crippen LogP contribution in [0.4, 0.5) is 26.3 Å². The van der Waals surface area contributed by atoms with Crippen molar-refractivity contribution >= 4 is 17.3 Å². The predicted molar refractivity (Wildman–Crippen MR) is 118 cm³/mol. The number of hydrazone groups is 1. The molecule has 1 unspecified atom stereocenters. The van der Waals surface area contributed by atoms with Crippen LogP contribution in [-0.4, -0.2) is 33.9 Å². The molecule has 0 bridgehead atoms. The molecular weight excluding hydrogens is 492 g/mol. The summed E-state index contributed by atoms with van der Waals surface area (Å²) in [4.78, 5) is 13.2. The number of aromatic nitrogens is 2. The van der Waals surface area contributed by atoms with Gasteiger partial charge in [-0.3, -0.25) is 14.9 Å². The third kappa shape index (κ3) is 5.17. The minimum Gasteiger partial charge on any atom is -0.334 e. The van der Waals surface area contributed by atoms with Gasteiger partial charge in [0.2, 0.25) is 0 Å². The highest BCUT2D eigenvalue weighted by Gasteiger charge is 2.60. The summed E-state index contributed by atoms with van der Waals surface area (Å²) in [7, 11) is 0. The first kappa shape index (κ1) is 25.5. The van der Waals surface area contributed by atoms with Crippen LogP contribution in [0.2, 0.25) is 0 Å². The average Bonchev–Trinajstić information content (AvgIpc) is 3.48. The fourth-order valence-corrected chi connectivity index (χ4v) is 4.17. The fraction of sp³-hybridized carbons (Fsp3) is 0.409. The van der Waals surface area contributed by atoms with Crippen molar-refractivity contribution < 1.29 is 31.1 Å². The molecule has 1 aromatic carbocycles. The van der Waals surface area contributed by atoms with Gasteiger partial charge in [-0.25, -0.2) is 5.53 Å². The number of aryl methyl sites for hydroxylation is 2. The van der Waals surface area contributed by atoms with E-state index in [1.807, 2.05) is 6.92 Å². The van der Waals surface area contributed by atoms with Crippen molar-refractivity contribution in [2.45, 2.75) is 57.0 Å². The summed E-state index contributed by atoms with van der Waals surface area (Å²) in [6, 6.07) is 6.71. The number of halogens is 6. The highest BCUT2D eigenvalue weighted by molar-refractivity contribution is 6.26. The molecular formula is C22H23F6N7O. The SMILES string of the molecule is Cc1ccc(C2=C(C3=NNNN3)C(=O)NC(c3cnn(CCCCC(F)(F)F)c3)(C(F)(F)F)C2)cc1. The van der Waals surface area contributed by atoms with Gasteiger partial charge in [-0.2, -0.15) is 31.4 Å². The minimum atomic E-state index is -4.92. The number of carbonyl (C=O) groups is 1. The Morgan fingerprint density at radius 2 is 1.81 bits per heavy atom. The number of rotatable bonds is 7. The zero-order chi connectivity index (χ0) is 26.1. The number of amides is 1. The van der Waals surface area contributed by atoms with E-state index < -0.39 is 36.6 Å². The summed E-state index contributed by atoms with van der Waals surface area (Å²) in [5.41, 5.74) is 5.70. The number of hydrogen-bond donors (Lipinski definition) is 4. The smallest absolute Gasteiger partial charge is 0.334 e. The lowest BCUT2D eigenvalue weighted by Crippen LogP contribution is -2.59. The number of benzene rings is 1. The standard InChI is InChI=1S/C22H23F6N7O/c1-13-4-6-14(7-5-13)16-10-20(22(26,27)28,30-19(36)17(16)18-31-33-34-32-18)15-11-29-35(12-15)9-3-2-8-21(23,24)25/h4-7,11-12,33-34H,2-3,8-10H2,1H3,(H,30,36)(H,31,32). The maximum absolute atomic E-state index is 14.7. The van der Waals surface area contributed by atoms with Gasteiger partial charge in [0.25, 0.3) is 5.91 Å². The molecule has 1 aromatic heterocycles. The van der Waals surface area contributed by atoms with Gasteiger partial charge < -0.3 is 5.32 Å². The van der Waals surface area contributed by atoms with Gasteiger partial charge in [0.05, 0.1) is 11.8 Å². The highest BCUT2D eigenvalue weighted by Crippen LogP contribution is 2.48. The molecule has 1 amide bonds. The summed E-state index contributed by atoms with van der Waals surface area (Å²) in [5, 5.41) is 9.95. The Morgan fingerprint density at radius 3 is 2.42 bits per heavy atom. The number of hydrogen-bond acceptors (Lipinski definition) is 6. The molecule has 14 heteroatoms. The van der Waals surface area contributed by atoms with Crippen molar-refractivity contribution in [1.29, 1.82) is 0 Å². The predicted octanol–water partition coefficient (Wildman–Crippen LogP) is 3.58. The van der Waals surface area contributed by atoms with Gasteiger partial charge in [-0.05, 0) is 30.9 Å². The molecule has 2 aliphatic heterocycles. The molecule has 3 heterocycles. The lowest BCUT2D eigenvalue weighted by Gasteiger charge is -2.40. The van der Waals surface area contributed by atoms with Crippen LogP contribution in [0.5, 0.6) is 0 Å². The molecule has 0 saturated heterocycles. The van der Waals surface area contributed by atoms with Crippen LogP contribution in [0.25, 0.3) is 5.57 Å². The number of amidine groups is 1. The second kappa shape index (κ2) is 9.48. The second-order valence-electron chi connectivity index (χ2n) is 8.64. The molecule has 0 spiro atoms. The average molecular weight is 515 g/mol. The number of nitrogens with zero attached hydrogens (tertiary/aromatic N) is 3. The zero-order valence-corrected chi connectivity index (χ0v) is 19.0. The molecule has 8 nitrogen and oxygen atoms in total. The van der Waals surface area contributed by atoms with E-state index in [4.69, 9.17) is 0 Å². The second-order valence-corrected chi connectivity index (χ2v) is 8.64. The summed E-state index contributed by atoms with van der Waals surface area (Å²) in [5.74, 6) is -0.969. The third-order valence-corrected chi connectivity index (χ3v) is 6.05. The van der Waals surface area contributed by atoms with E-state index in [2.05, 4.69) is 32.0 Å². The van der Waals surface area contributed by atoms with E-state index in [0.29, 0.717) is 5.56 Å². The van der Waals surface area contributed by atoms with Gasteiger partial charge in [-0.15, -0.1) is 10.6 Å². The quantitative estimate of drug-likeness (QED) is 0.334. The largest absolute Gasteiger partial charge is 0.416 e. The number of hydrazine groups is 2. The Labute approximate surface area is 201 Å². The Morgan fingerprint density at radius 1 is 1.08 bits per heavy atom. The highest BCUT2D eigenvalue weighted by atomic mass is 19.4. The Balaban J connectivity index is 1.71. The van der Waals surface area contributed by atoms with Crippen molar-refractivity contribution in [2.75, 3.05) is 0 Å².